The van der Waals surface area contributed by atoms with Crippen LogP contribution in [-0.4, -0.2) is 21.7 Å². The van der Waals surface area contributed by atoms with E-state index in [0.717, 1.165) is 10.5 Å². The lowest BCUT2D eigenvalue weighted by molar-refractivity contribution is 0.321. The van der Waals surface area contributed by atoms with Gasteiger partial charge in [0, 0.05) is 10.6 Å². The number of anilines is 1. The average Bonchev–Trinajstić information content (AvgIpc) is 2.04. The van der Waals surface area contributed by atoms with E-state index in [9.17, 15) is 4.21 Å². The van der Waals surface area contributed by atoms with Gasteiger partial charge in [-0.25, -0.2) is 0 Å². The summed E-state index contributed by atoms with van der Waals surface area (Å²) in [5.41, 5.74) is 7.13. The summed E-state index contributed by atoms with van der Waals surface area (Å²) in [6, 6.07) is 5.25. The second-order valence-electron chi connectivity index (χ2n) is 2.80. The quantitative estimate of drug-likeness (QED) is 0.703. The molecule has 0 aromatic heterocycles. The van der Waals surface area contributed by atoms with Crippen molar-refractivity contribution < 1.29 is 9.32 Å². The first-order valence-electron chi connectivity index (χ1n) is 4.00. The molecule has 4 heteroatoms. The molecule has 0 aliphatic rings. The smallest absolute Gasteiger partial charge is 0.0555 e. The van der Waals surface area contributed by atoms with Crippen LogP contribution in [0.5, 0.6) is 0 Å². The van der Waals surface area contributed by atoms with Crippen molar-refractivity contribution in [3.05, 3.63) is 23.8 Å². The highest BCUT2D eigenvalue weighted by Crippen LogP contribution is 2.16. The molecule has 0 saturated carbocycles. The molecule has 0 amide bonds. The van der Waals surface area contributed by atoms with Gasteiger partial charge in [0.25, 0.3) is 0 Å². The topological polar surface area (TPSA) is 63.3 Å². The van der Waals surface area contributed by atoms with Crippen molar-refractivity contribution in [3.8, 4) is 0 Å². The Kier molecular flexibility index (Phi) is 3.45. The Labute approximate surface area is 80.0 Å². The van der Waals surface area contributed by atoms with E-state index in [1.54, 1.807) is 18.2 Å². The first-order chi connectivity index (χ1) is 6.15. The third-order valence-electron chi connectivity index (χ3n) is 1.72. The summed E-state index contributed by atoms with van der Waals surface area (Å²) in [5, 5.41) is 8.63. The molecule has 13 heavy (non-hydrogen) atoms. The zero-order valence-corrected chi connectivity index (χ0v) is 8.30. The van der Waals surface area contributed by atoms with E-state index < -0.39 is 10.8 Å². The molecule has 0 spiro atoms. The van der Waals surface area contributed by atoms with E-state index in [1.807, 2.05) is 6.92 Å². The predicted octanol–water partition coefficient (Wildman–Crippen LogP) is 0.677. The highest BCUT2D eigenvalue weighted by molar-refractivity contribution is 7.85. The molecular formula is C9H13NO2S. The van der Waals surface area contributed by atoms with Crippen LogP contribution >= 0.6 is 0 Å². The van der Waals surface area contributed by atoms with Gasteiger partial charge in [0.2, 0.25) is 0 Å². The largest absolute Gasteiger partial charge is 0.399 e. The fraction of sp³-hybridized carbons (Fsp3) is 0.333. The second kappa shape index (κ2) is 4.39. The maximum Gasteiger partial charge on any atom is 0.0555 e. The van der Waals surface area contributed by atoms with Crippen LogP contribution in [0.3, 0.4) is 0 Å². The number of rotatable bonds is 3. The van der Waals surface area contributed by atoms with Crippen LogP contribution in [0.15, 0.2) is 23.1 Å². The molecule has 0 heterocycles. The number of aliphatic hydroxyl groups excluding tert-OH is 1. The molecule has 1 aromatic carbocycles. The molecule has 0 aliphatic heterocycles. The first kappa shape index (κ1) is 10.2. The molecule has 1 rings (SSSR count). The van der Waals surface area contributed by atoms with Gasteiger partial charge in [0.15, 0.2) is 0 Å². The van der Waals surface area contributed by atoms with E-state index in [4.69, 9.17) is 10.8 Å². The molecule has 3 N–H and O–H groups in total. The Morgan fingerprint density at radius 3 is 2.77 bits per heavy atom. The Morgan fingerprint density at radius 1 is 1.54 bits per heavy atom. The highest BCUT2D eigenvalue weighted by atomic mass is 32.2. The molecular weight excluding hydrogens is 186 g/mol. The predicted molar refractivity (Wildman–Crippen MR) is 54.0 cm³/mol. The van der Waals surface area contributed by atoms with Crippen molar-refractivity contribution in [1.29, 1.82) is 0 Å². The van der Waals surface area contributed by atoms with Crippen molar-refractivity contribution in [2.75, 3.05) is 18.1 Å². The van der Waals surface area contributed by atoms with Gasteiger partial charge < -0.3 is 10.8 Å². The number of nitrogens with two attached hydrogens (primary N) is 1. The molecule has 0 saturated heterocycles. The van der Waals surface area contributed by atoms with Crippen LogP contribution in [0.4, 0.5) is 5.69 Å². The van der Waals surface area contributed by atoms with E-state index in [2.05, 4.69) is 0 Å². The Bertz CT molecular complexity index is 325. The maximum absolute atomic E-state index is 11.5. The van der Waals surface area contributed by atoms with Crippen LogP contribution in [0.2, 0.25) is 0 Å². The third kappa shape index (κ3) is 2.54. The lowest BCUT2D eigenvalue weighted by Crippen LogP contribution is -2.04. The SMILES string of the molecule is Cc1cc(N)ccc1S(=O)CCO. The van der Waals surface area contributed by atoms with Gasteiger partial charge in [0.05, 0.1) is 23.2 Å². The molecule has 0 bridgehead atoms. The fourth-order valence-electron chi connectivity index (χ4n) is 1.12. The number of hydrogen-bond donors (Lipinski definition) is 2. The monoisotopic (exact) mass is 199 g/mol. The minimum atomic E-state index is -1.11. The van der Waals surface area contributed by atoms with Crippen molar-refractivity contribution in [2.45, 2.75) is 11.8 Å². The summed E-state index contributed by atoms with van der Waals surface area (Å²) in [4.78, 5) is 0.753. The van der Waals surface area contributed by atoms with Gasteiger partial charge in [-0.1, -0.05) is 0 Å². The normalized spacial score (nSPS) is 12.8. The second-order valence-corrected chi connectivity index (χ2v) is 4.34. The summed E-state index contributed by atoms with van der Waals surface area (Å²) in [6.07, 6.45) is 0. The Balaban J connectivity index is 2.95. The lowest BCUT2D eigenvalue weighted by atomic mass is 10.2. The first-order valence-corrected chi connectivity index (χ1v) is 5.32. The van der Waals surface area contributed by atoms with Gasteiger partial charge in [-0.05, 0) is 30.7 Å². The minimum Gasteiger partial charge on any atom is -0.399 e. The van der Waals surface area contributed by atoms with Crippen LogP contribution in [0, 0.1) is 6.92 Å². The lowest BCUT2D eigenvalue weighted by Gasteiger charge is -2.04. The van der Waals surface area contributed by atoms with Crippen molar-refractivity contribution in [2.24, 2.45) is 0 Å². The van der Waals surface area contributed by atoms with Gasteiger partial charge in [-0.3, -0.25) is 4.21 Å². The van der Waals surface area contributed by atoms with E-state index in [-0.39, 0.29) is 12.4 Å². The maximum atomic E-state index is 11.5. The van der Waals surface area contributed by atoms with Crippen LogP contribution in [-0.2, 0) is 10.8 Å². The Hall–Kier alpha value is -0.870. The molecule has 0 fully saturated rings. The molecule has 3 nitrogen and oxygen atoms in total. The number of aliphatic hydroxyl groups is 1. The van der Waals surface area contributed by atoms with Crippen LogP contribution in [0.25, 0.3) is 0 Å². The summed E-state index contributed by atoms with van der Waals surface area (Å²) < 4.78 is 11.5. The van der Waals surface area contributed by atoms with Crippen molar-refractivity contribution in [3.63, 3.8) is 0 Å². The zero-order chi connectivity index (χ0) is 9.84. The van der Waals surface area contributed by atoms with Gasteiger partial charge in [0.1, 0.15) is 0 Å². The van der Waals surface area contributed by atoms with E-state index in [0.29, 0.717) is 5.69 Å². The summed E-state index contributed by atoms with van der Waals surface area (Å²) in [7, 11) is -1.11. The molecule has 1 unspecified atom stereocenters. The molecule has 0 aliphatic carbocycles. The van der Waals surface area contributed by atoms with Crippen LogP contribution in [0.1, 0.15) is 5.56 Å². The number of benzene rings is 1. The molecule has 0 radical (unpaired) electrons. The summed E-state index contributed by atoms with van der Waals surface area (Å²) in [5.74, 6) is 0.282. The molecule has 1 atom stereocenters. The van der Waals surface area contributed by atoms with Gasteiger partial charge >= 0.3 is 0 Å². The number of nitrogen functional groups attached to an aromatic ring is 1. The summed E-state index contributed by atoms with van der Waals surface area (Å²) >= 11 is 0. The van der Waals surface area contributed by atoms with Crippen LogP contribution < -0.4 is 5.73 Å². The molecule has 72 valence electrons. The molecule has 1 aromatic rings. The average molecular weight is 199 g/mol. The highest BCUT2D eigenvalue weighted by Gasteiger charge is 2.05. The number of hydrogen-bond acceptors (Lipinski definition) is 3. The van der Waals surface area contributed by atoms with Gasteiger partial charge in [-0.15, -0.1) is 0 Å². The number of aryl methyl sites for hydroxylation is 1. The minimum absolute atomic E-state index is 0.0591. The van der Waals surface area contributed by atoms with Crippen molar-refractivity contribution >= 4 is 16.5 Å². The Morgan fingerprint density at radius 2 is 2.23 bits per heavy atom. The standard InChI is InChI=1S/C9H13NO2S/c1-7-6-8(10)2-3-9(7)13(12)5-4-11/h2-3,6,11H,4-5,10H2,1H3. The zero-order valence-electron chi connectivity index (χ0n) is 7.49. The van der Waals surface area contributed by atoms with E-state index in [1.165, 1.54) is 0 Å². The van der Waals surface area contributed by atoms with Gasteiger partial charge in [-0.2, -0.15) is 0 Å². The van der Waals surface area contributed by atoms with E-state index >= 15 is 0 Å². The van der Waals surface area contributed by atoms with Crippen molar-refractivity contribution in [1.82, 2.24) is 0 Å². The summed E-state index contributed by atoms with van der Waals surface area (Å²) in [6.45, 7) is 1.80. The fourth-order valence-corrected chi connectivity index (χ4v) is 2.14. The third-order valence-corrected chi connectivity index (χ3v) is 3.22.